The van der Waals surface area contributed by atoms with Crippen LogP contribution in [0.1, 0.15) is 46.2 Å². The highest BCUT2D eigenvalue weighted by Gasteiger charge is 2.51. The third kappa shape index (κ3) is 4.70. The van der Waals surface area contributed by atoms with Gasteiger partial charge in [0.25, 0.3) is 0 Å². The van der Waals surface area contributed by atoms with E-state index in [0.29, 0.717) is 33.4 Å². The molecular formula is C34H24Cl4N6O4. The summed E-state index contributed by atoms with van der Waals surface area (Å²) in [6, 6.07) is 19.2. The minimum absolute atomic E-state index is 0.0158. The van der Waals surface area contributed by atoms with Gasteiger partial charge in [-0.2, -0.15) is 10.2 Å². The second-order valence-corrected chi connectivity index (χ2v) is 13.0. The molecule has 8 N–H and O–H groups in total. The van der Waals surface area contributed by atoms with Crippen LogP contribution in [-0.2, 0) is 20.4 Å². The minimum atomic E-state index is -1.86. The largest absolute Gasteiger partial charge is 0.480 e. The molecule has 4 aromatic rings. The highest BCUT2D eigenvalue weighted by Crippen LogP contribution is 2.53. The van der Waals surface area contributed by atoms with E-state index in [1.807, 2.05) is 0 Å². The molecule has 0 saturated heterocycles. The smallest absolute Gasteiger partial charge is 0.319 e. The van der Waals surface area contributed by atoms with E-state index in [9.17, 15) is 19.8 Å². The molecule has 2 atom stereocenters. The van der Waals surface area contributed by atoms with Gasteiger partial charge < -0.3 is 21.7 Å². The van der Waals surface area contributed by atoms with Gasteiger partial charge in [0.1, 0.15) is 10.8 Å². The third-order valence-electron chi connectivity index (χ3n) is 9.08. The van der Waals surface area contributed by atoms with Gasteiger partial charge in [-0.05, 0) is 46.5 Å². The molecule has 0 aliphatic heterocycles. The van der Waals surface area contributed by atoms with Crippen molar-refractivity contribution in [3.63, 3.8) is 0 Å². The van der Waals surface area contributed by atoms with Crippen molar-refractivity contribution >= 4 is 69.7 Å². The Morgan fingerprint density at radius 3 is 1.31 bits per heavy atom. The average molecular weight is 722 g/mol. The van der Waals surface area contributed by atoms with Crippen LogP contribution in [0.25, 0.3) is 22.5 Å². The number of nitrogens with one attached hydrogen (secondary N) is 2. The Hall–Kier alpha value is -4.74. The summed E-state index contributed by atoms with van der Waals surface area (Å²) < 4.78 is 14.6. The molecule has 0 saturated carbocycles. The lowest BCUT2D eigenvalue weighted by Crippen LogP contribution is -2.41. The highest BCUT2D eigenvalue weighted by atomic mass is 35.5. The first kappa shape index (κ1) is 30.6. The number of aliphatic carboxylic acids is 2. The Bertz CT molecular complexity index is 2060. The van der Waals surface area contributed by atoms with Crippen molar-refractivity contribution < 1.29 is 22.6 Å². The lowest BCUT2D eigenvalue weighted by atomic mass is 9.66. The average Bonchev–Trinajstić information content (AvgIpc) is 3.07. The molecule has 4 aromatic carbocycles. The van der Waals surface area contributed by atoms with Crippen LogP contribution in [0.3, 0.4) is 0 Å². The first-order chi connectivity index (χ1) is 23.8. The summed E-state index contributed by atoms with van der Waals surface area (Å²) in [4.78, 5) is 26.5. The van der Waals surface area contributed by atoms with Crippen LogP contribution >= 0.6 is 46.4 Å². The second-order valence-electron chi connectivity index (χ2n) is 11.4. The molecule has 2 aliphatic carbocycles. The van der Waals surface area contributed by atoms with Gasteiger partial charge in [-0.15, -0.1) is 0 Å². The van der Waals surface area contributed by atoms with Gasteiger partial charge in [0.15, 0.2) is 0 Å². The summed E-state index contributed by atoms with van der Waals surface area (Å²) in [6.45, 7) is 0. The number of hydrogen-bond donors (Lipinski definition) is 6. The van der Waals surface area contributed by atoms with Crippen molar-refractivity contribution in [1.29, 1.82) is 11.0 Å². The maximum absolute atomic E-state index is 13.3. The first-order valence-corrected chi connectivity index (χ1v) is 15.7. The minimum Gasteiger partial charge on any atom is -0.480 e. The van der Waals surface area contributed by atoms with Gasteiger partial charge in [-0.25, -0.2) is 11.0 Å². The zero-order chi connectivity index (χ0) is 36.1. The van der Waals surface area contributed by atoms with Gasteiger partial charge in [-0.3, -0.25) is 9.59 Å². The zero-order valence-electron chi connectivity index (χ0n) is 26.5. The summed E-state index contributed by atoms with van der Waals surface area (Å²) in [5, 5.41) is 29.2. The molecule has 0 fully saturated rings. The molecule has 0 radical (unpaired) electrons. The summed E-state index contributed by atoms with van der Waals surface area (Å²) >= 11 is 27.6. The molecular weight excluding hydrogens is 698 g/mol. The Kier molecular flexibility index (Phi) is 7.68. The van der Waals surface area contributed by atoms with Crippen LogP contribution in [0.2, 0.25) is 22.9 Å². The van der Waals surface area contributed by atoms with Gasteiger partial charge in [0.05, 0.1) is 22.8 Å². The second kappa shape index (κ2) is 12.1. The molecule has 2 aliphatic rings. The number of carboxylic acid groups (broad SMARTS) is 2. The quantitative estimate of drug-likeness (QED) is 0.103. The number of nitrogens with zero attached hydrogens (tertiary/aromatic N) is 2. The molecule has 0 bridgehead atoms. The Balaban J connectivity index is 1.53. The van der Waals surface area contributed by atoms with Gasteiger partial charge in [0.2, 0.25) is 2.82 Å². The predicted molar refractivity (Wildman–Crippen MR) is 183 cm³/mol. The molecule has 0 spiro atoms. The Morgan fingerprint density at radius 1 is 0.667 bits per heavy atom. The van der Waals surface area contributed by atoms with Crippen molar-refractivity contribution in [3.8, 4) is 11.1 Å². The van der Waals surface area contributed by atoms with Gasteiger partial charge >= 0.3 is 11.9 Å². The standard InChI is InChI=1S/C34H24Cl4N6O4/c35-21-9-15(10-22(36)27(21)33(31(45)46)13-25(43-41)29(39)17-5-1-3-7-19(17)33)16-11-23(37)28(24(38)12-16)34(32(47)48)14-26(44-42)30(40)18-6-2-4-8-20(18)34/h1-12,41-42H,13-14,39-40H2,(H,45,46)(H,47,48)/b43-41+,44-42+. The van der Waals surface area contributed by atoms with Crippen molar-refractivity contribution in [2.45, 2.75) is 23.7 Å². The van der Waals surface area contributed by atoms with E-state index in [1.54, 1.807) is 48.5 Å². The van der Waals surface area contributed by atoms with Crippen LogP contribution in [-0.4, -0.2) is 22.2 Å². The lowest BCUT2D eigenvalue weighted by Gasteiger charge is -2.37. The monoisotopic (exact) mass is 720 g/mol. The highest BCUT2D eigenvalue weighted by molar-refractivity contribution is 6.38. The van der Waals surface area contributed by atoms with Crippen molar-refractivity contribution in [2.24, 2.45) is 21.7 Å². The fraction of sp³-hybridized carbons (Fsp3) is 0.118. The maximum atomic E-state index is 13.3. The van der Waals surface area contributed by atoms with E-state index < -0.39 is 22.8 Å². The molecule has 0 heterocycles. The zero-order valence-corrected chi connectivity index (χ0v) is 27.5. The molecule has 48 heavy (non-hydrogen) atoms. The molecule has 242 valence electrons. The predicted octanol–water partition coefficient (Wildman–Crippen LogP) is 8.83. The number of carbonyl (C=O) groups is 2. The van der Waals surface area contributed by atoms with Gasteiger partial charge in [0, 0.05) is 55.2 Å². The topological polar surface area (TPSA) is 199 Å². The van der Waals surface area contributed by atoms with E-state index in [0.717, 1.165) is 0 Å². The number of benzene rings is 4. The molecule has 6 rings (SSSR count). The first-order valence-electron chi connectivity index (χ1n) is 15.1. The van der Waals surface area contributed by atoms with E-state index in [1.165, 1.54) is 24.3 Å². The van der Waals surface area contributed by atoms with E-state index in [-0.39, 0.29) is 66.8 Å². The van der Waals surface area contributed by atoms with Crippen LogP contribution in [0.5, 0.6) is 0 Å². The van der Waals surface area contributed by atoms with Crippen molar-refractivity contribution in [2.75, 3.05) is 0 Å². The molecule has 2 unspecified atom stereocenters. The number of hydrogen-bond acceptors (Lipinski definition) is 8. The van der Waals surface area contributed by atoms with E-state index in [4.69, 9.17) is 60.7 Å². The number of fused-ring (bicyclic) bond motifs is 2. The van der Waals surface area contributed by atoms with E-state index in [2.05, 4.69) is 21.3 Å². The summed E-state index contributed by atoms with van der Waals surface area (Å²) in [6.07, 6.45) is -0.587. The normalized spacial score (nSPS) is 21.2. The molecule has 14 heteroatoms. The summed E-state index contributed by atoms with van der Waals surface area (Å²) in [7, 11) is 0. The number of halogens is 4. The third-order valence-corrected chi connectivity index (χ3v) is 10.3. The molecule has 0 amide bonds. The number of carboxylic acids is 2. The van der Waals surface area contributed by atoms with E-state index >= 15 is 0 Å². The summed E-state index contributed by atoms with van der Waals surface area (Å²) in [5.74, 6) is -2.57. The van der Waals surface area contributed by atoms with Crippen LogP contribution in [0.15, 0.2) is 94.4 Å². The SMILES string of the molecule is [H]/N=N/C1=C(N)c2ccccc2C(C(=O)O)(c2c(Cl)cc(-c3cc(Cl)c(C4(C(=O)O)CC(/N=N/[H])=C(N)c5ccccc54)c(Cl)c3)cc2Cl)C1. The van der Waals surface area contributed by atoms with Gasteiger partial charge in [-0.1, -0.05) is 94.9 Å². The number of nitrogens with two attached hydrogens (primary N) is 2. The Morgan fingerprint density at radius 2 is 1.00 bits per heavy atom. The maximum Gasteiger partial charge on any atom is 0.319 e. The molecule has 0 aromatic heterocycles. The lowest BCUT2D eigenvalue weighted by molar-refractivity contribution is -0.143. The fourth-order valence-electron chi connectivity index (χ4n) is 6.89. The molecule has 10 nitrogen and oxygen atoms in total. The van der Waals surface area contributed by atoms with Crippen LogP contribution < -0.4 is 11.5 Å². The Labute approximate surface area is 296 Å². The number of rotatable bonds is 7. The summed E-state index contributed by atoms with van der Waals surface area (Å²) in [5.41, 5.74) is 17.9. The van der Waals surface area contributed by atoms with Crippen LogP contribution in [0.4, 0.5) is 0 Å². The number of allylic oxidation sites excluding steroid dienone is 2. The van der Waals surface area contributed by atoms with Crippen LogP contribution in [0, 0.1) is 11.0 Å². The van der Waals surface area contributed by atoms with Crippen molar-refractivity contribution in [1.82, 2.24) is 0 Å². The fourth-order valence-corrected chi connectivity index (χ4v) is 8.51. The van der Waals surface area contributed by atoms with Crippen molar-refractivity contribution in [3.05, 3.63) is 138 Å².